The molecule has 0 unspecified atom stereocenters. The zero-order valence-electron chi connectivity index (χ0n) is 10.3. The number of carbonyl (C=O) groups excluding carboxylic acids is 1. The van der Waals surface area contributed by atoms with E-state index in [1.54, 1.807) is 23.1 Å². The lowest BCUT2D eigenvalue weighted by Crippen LogP contribution is -2.17. The molecule has 2 rings (SSSR count). The van der Waals surface area contributed by atoms with Gasteiger partial charge in [-0.15, -0.1) is 0 Å². The van der Waals surface area contributed by atoms with E-state index in [2.05, 4.69) is 15.4 Å². The average Bonchev–Trinajstić information content (AvgIpc) is 2.92. The van der Waals surface area contributed by atoms with Crippen LogP contribution in [0, 0.1) is 10.1 Å². The molecule has 0 atom stereocenters. The first-order valence-corrected chi connectivity index (χ1v) is 5.67. The molecule has 0 saturated heterocycles. The van der Waals surface area contributed by atoms with Crippen molar-refractivity contribution in [2.24, 2.45) is 0 Å². The van der Waals surface area contributed by atoms with Gasteiger partial charge in [-0.05, 0) is 12.1 Å². The molecule has 0 spiro atoms. The number of aromatic nitrogens is 3. The molecule has 9 nitrogen and oxygen atoms in total. The van der Waals surface area contributed by atoms with Gasteiger partial charge in [-0.2, -0.15) is 5.10 Å². The third-order valence-electron chi connectivity index (χ3n) is 2.30. The van der Waals surface area contributed by atoms with E-state index in [9.17, 15) is 14.9 Å². The highest BCUT2D eigenvalue weighted by atomic mass is 16.6. The van der Waals surface area contributed by atoms with Crippen LogP contribution < -0.4 is 5.32 Å². The fraction of sp³-hybridized carbons (Fsp3) is 0.182. The number of carbonyl (C=O) groups is 1. The van der Waals surface area contributed by atoms with Crippen molar-refractivity contribution in [3.63, 3.8) is 0 Å². The van der Waals surface area contributed by atoms with Gasteiger partial charge in [-0.1, -0.05) is 0 Å². The molecule has 0 fully saturated rings. The highest BCUT2D eigenvalue weighted by Gasteiger charge is 2.08. The van der Waals surface area contributed by atoms with Gasteiger partial charge in [-0.25, -0.2) is 9.78 Å². The molecular formula is C11H11N5O4. The second-order valence-corrected chi connectivity index (χ2v) is 3.69. The number of ether oxygens (including phenoxy) is 1. The second-order valence-electron chi connectivity index (χ2n) is 3.69. The Labute approximate surface area is 113 Å². The standard InChI is InChI=1S/C11H11N5O4/c17-11(20-7-6-15-5-1-4-13-15)14-10-3-2-9(8-12-10)16(18)19/h1-5,8H,6-7H2,(H,12,14,17). The molecule has 104 valence electrons. The molecule has 2 heterocycles. The third-order valence-corrected chi connectivity index (χ3v) is 2.30. The molecule has 9 heteroatoms. The number of nitro groups is 1. The van der Waals surface area contributed by atoms with Crippen LogP contribution in [-0.4, -0.2) is 32.4 Å². The van der Waals surface area contributed by atoms with Crippen molar-refractivity contribution in [3.8, 4) is 0 Å². The molecule has 20 heavy (non-hydrogen) atoms. The Kier molecular flexibility index (Phi) is 4.22. The first-order chi connectivity index (χ1) is 9.65. The third kappa shape index (κ3) is 3.77. The maximum absolute atomic E-state index is 11.4. The highest BCUT2D eigenvalue weighted by Crippen LogP contribution is 2.11. The monoisotopic (exact) mass is 277 g/mol. The van der Waals surface area contributed by atoms with Crippen molar-refractivity contribution in [2.45, 2.75) is 6.54 Å². The number of nitrogens with zero attached hydrogens (tertiary/aromatic N) is 4. The summed E-state index contributed by atoms with van der Waals surface area (Å²) in [6, 6.07) is 4.33. The molecule has 0 radical (unpaired) electrons. The number of hydrogen-bond donors (Lipinski definition) is 1. The molecule has 1 amide bonds. The summed E-state index contributed by atoms with van der Waals surface area (Å²) in [7, 11) is 0. The molecular weight excluding hydrogens is 266 g/mol. The van der Waals surface area contributed by atoms with E-state index in [1.807, 2.05) is 0 Å². The van der Waals surface area contributed by atoms with Gasteiger partial charge in [0.15, 0.2) is 0 Å². The smallest absolute Gasteiger partial charge is 0.412 e. The highest BCUT2D eigenvalue weighted by molar-refractivity contribution is 5.83. The fourth-order valence-corrected chi connectivity index (χ4v) is 1.37. The fourth-order valence-electron chi connectivity index (χ4n) is 1.37. The van der Waals surface area contributed by atoms with Crippen LogP contribution in [0.2, 0.25) is 0 Å². The van der Waals surface area contributed by atoms with Crippen LogP contribution in [0.1, 0.15) is 0 Å². The summed E-state index contributed by atoms with van der Waals surface area (Å²) in [6.07, 6.45) is 3.75. The van der Waals surface area contributed by atoms with E-state index in [0.29, 0.717) is 6.54 Å². The van der Waals surface area contributed by atoms with Crippen LogP contribution in [0.25, 0.3) is 0 Å². The molecule has 1 N–H and O–H groups in total. The molecule has 0 saturated carbocycles. The SMILES string of the molecule is O=C(Nc1ccc([N+](=O)[O-])cn1)OCCn1cccn1. The molecule has 2 aromatic rings. The molecule has 2 aromatic heterocycles. The Morgan fingerprint density at radius 1 is 1.50 bits per heavy atom. The van der Waals surface area contributed by atoms with Gasteiger partial charge < -0.3 is 4.74 Å². The predicted molar refractivity (Wildman–Crippen MR) is 68.1 cm³/mol. The Morgan fingerprint density at radius 3 is 2.95 bits per heavy atom. The van der Waals surface area contributed by atoms with Gasteiger partial charge >= 0.3 is 6.09 Å². The normalized spacial score (nSPS) is 10.0. The van der Waals surface area contributed by atoms with Crippen LogP contribution in [0.3, 0.4) is 0 Å². The van der Waals surface area contributed by atoms with Crippen molar-refractivity contribution in [1.29, 1.82) is 0 Å². The average molecular weight is 277 g/mol. The van der Waals surface area contributed by atoms with Crippen molar-refractivity contribution < 1.29 is 14.5 Å². The summed E-state index contributed by atoms with van der Waals surface area (Å²) in [5, 5.41) is 16.7. The van der Waals surface area contributed by atoms with Gasteiger partial charge in [0.25, 0.3) is 5.69 Å². The first kappa shape index (κ1) is 13.5. The lowest BCUT2D eigenvalue weighted by molar-refractivity contribution is -0.385. The van der Waals surface area contributed by atoms with Crippen LogP contribution in [-0.2, 0) is 11.3 Å². The van der Waals surface area contributed by atoms with Crippen LogP contribution in [0.15, 0.2) is 36.8 Å². The summed E-state index contributed by atoms with van der Waals surface area (Å²) < 4.78 is 6.53. The van der Waals surface area contributed by atoms with Gasteiger partial charge in [0.2, 0.25) is 0 Å². The van der Waals surface area contributed by atoms with E-state index in [0.717, 1.165) is 6.20 Å². The zero-order valence-corrected chi connectivity index (χ0v) is 10.3. The Morgan fingerprint density at radius 2 is 2.35 bits per heavy atom. The van der Waals surface area contributed by atoms with E-state index in [4.69, 9.17) is 4.74 Å². The summed E-state index contributed by atoms with van der Waals surface area (Å²) in [5.74, 6) is 0.180. The number of rotatable bonds is 5. The van der Waals surface area contributed by atoms with Crippen molar-refractivity contribution in [2.75, 3.05) is 11.9 Å². The quantitative estimate of drug-likeness (QED) is 0.653. The van der Waals surface area contributed by atoms with Gasteiger partial charge in [0, 0.05) is 18.5 Å². The maximum Gasteiger partial charge on any atom is 0.412 e. The molecule has 0 bridgehead atoms. The van der Waals surface area contributed by atoms with Gasteiger partial charge in [0.05, 0.1) is 11.5 Å². The largest absolute Gasteiger partial charge is 0.447 e. The van der Waals surface area contributed by atoms with E-state index in [1.165, 1.54) is 12.1 Å². The van der Waals surface area contributed by atoms with Gasteiger partial charge in [-0.3, -0.25) is 20.1 Å². The van der Waals surface area contributed by atoms with Crippen molar-refractivity contribution >= 4 is 17.6 Å². The van der Waals surface area contributed by atoms with E-state index < -0.39 is 11.0 Å². The minimum absolute atomic E-state index is 0.150. The van der Waals surface area contributed by atoms with E-state index in [-0.39, 0.29) is 18.1 Å². The number of anilines is 1. The summed E-state index contributed by atoms with van der Waals surface area (Å²) in [6.45, 7) is 0.592. The number of pyridine rings is 1. The second kappa shape index (κ2) is 6.27. The summed E-state index contributed by atoms with van der Waals surface area (Å²) >= 11 is 0. The molecule has 0 aromatic carbocycles. The number of hydrogen-bond acceptors (Lipinski definition) is 6. The van der Waals surface area contributed by atoms with E-state index >= 15 is 0 Å². The Bertz CT molecular complexity index is 581. The topological polar surface area (TPSA) is 112 Å². The zero-order chi connectivity index (χ0) is 14.4. The lowest BCUT2D eigenvalue weighted by atomic mass is 10.4. The lowest BCUT2D eigenvalue weighted by Gasteiger charge is -2.06. The number of nitrogens with one attached hydrogen (secondary N) is 1. The van der Waals surface area contributed by atoms with Crippen LogP contribution >= 0.6 is 0 Å². The van der Waals surface area contributed by atoms with Crippen molar-refractivity contribution in [1.82, 2.24) is 14.8 Å². The number of amides is 1. The Balaban J connectivity index is 1.77. The minimum Gasteiger partial charge on any atom is -0.447 e. The predicted octanol–water partition coefficient (Wildman–Crippen LogP) is 1.43. The molecule has 0 aliphatic heterocycles. The van der Waals surface area contributed by atoms with Crippen LogP contribution in [0.4, 0.5) is 16.3 Å². The van der Waals surface area contributed by atoms with Crippen molar-refractivity contribution in [3.05, 3.63) is 46.9 Å². The maximum atomic E-state index is 11.4. The Hall–Kier alpha value is -2.97. The summed E-state index contributed by atoms with van der Waals surface area (Å²) in [4.78, 5) is 25.0. The molecule has 0 aliphatic carbocycles. The van der Waals surface area contributed by atoms with Gasteiger partial charge in [0.1, 0.15) is 18.6 Å². The van der Waals surface area contributed by atoms with Crippen LogP contribution in [0.5, 0.6) is 0 Å². The first-order valence-electron chi connectivity index (χ1n) is 5.67. The minimum atomic E-state index is -0.682. The molecule has 0 aliphatic rings. The summed E-state index contributed by atoms with van der Waals surface area (Å²) in [5.41, 5.74) is -0.150.